The summed E-state index contributed by atoms with van der Waals surface area (Å²) >= 11 is 0. The van der Waals surface area contributed by atoms with Crippen LogP contribution >= 0.6 is 0 Å². The quantitative estimate of drug-likeness (QED) is 0.863. The molecule has 0 atom stereocenters. The van der Waals surface area contributed by atoms with Crippen molar-refractivity contribution in [3.05, 3.63) is 11.6 Å². The van der Waals surface area contributed by atoms with Crippen LogP contribution in [0.4, 0.5) is 11.6 Å². The topological polar surface area (TPSA) is 92.1 Å². The van der Waals surface area contributed by atoms with Crippen molar-refractivity contribution in [1.29, 1.82) is 5.26 Å². The predicted molar refractivity (Wildman–Crippen MR) is 99.7 cm³/mol. The van der Waals surface area contributed by atoms with E-state index in [1.807, 2.05) is 13.8 Å². The van der Waals surface area contributed by atoms with Crippen molar-refractivity contribution in [1.82, 2.24) is 9.97 Å². The minimum Gasteiger partial charge on any atom is -0.478 e. The standard InChI is InChI=1S/C19H23N5O2/c1-3-25-14-10-12-13(11-20)18(26-4-2)22-17-15(12)16(21-14)23-19(24-17)8-6-5-7-9-19/h10H,3-9H2,1-2H3,(H,21,23)(H,22,24). The van der Waals surface area contributed by atoms with Crippen LogP contribution in [-0.2, 0) is 0 Å². The van der Waals surface area contributed by atoms with Gasteiger partial charge in [-0.05, 0) is 39.5 Å². The first-order valence-corrected chi connectivity index (χ1v) is 9.30. The van der Waals surface area contributed by atoms with Gasteiger partial charge >= 0.3 is 0 Å². The number of rotatable bonds is 4. The highest BCUT2D eigenvalue weighted by molar-refractivity contribution is 6.06. The zero-order valence-corrected chi connectivity index (χ0v) is 15.2. The highest BCUT2D eigenvalue weighted by atomic mass is 16.5. The second-order valence-corrected chi connectivity index (χ2v) is 6.74. The summed E-state index contributed by atoms with van der Waals surface area (Å²) in [4.78, 5) is 9.30. The fourth-order valence-electron chi connectivity index (χ4n) is 3.93. The maximum Gasteiger partial charge on any atom is 0.234 e. The molecule has 26 heavy (non-hydrogen) atoms. The molecule has 4 rings (SSSR count). The average molecular weight is 353 g/mol. The van der Waals surface area contributed by atoms with Crippen LogP contribution in [0.2, 0.25) is 0 Å². The first kappa shape index (κ1) is 16.7. The molecule has 0 unspecified atom stereocenters. The minimum atomic E-state index is -0.249. The van der Waals surface area contributed by atoms with Gasteiger partial charge in [0.05, 0.1) is 18.6 Å². The Labute approximate surface area is 152 Å². The summed E-state index contributed by atoms with van der Waals surface area (Å²) in [7, 11) is 0. The van der Waals surface area contributed by atoms with Crippen LogP contribution in [-0.4, -0.2) is 28.8 Å². The van der Waals surface area contributed by atoms with E-state index in [0.717, 1.165) is 48.1 Å². The van der Waals surface area contributed by atoms with Gasteiger partial charge in [-0.15, -0.1) is 0 Å². The molecule has 1 fully saturated rings. The van der Waals surface area contributed by atoms with Crippen LogP contribution in [0.5, 0.6) is 11.8 Å². The number of nitriles is 1. The Balaban J connectivity index is 1.95. The molecule has 0 bridgehead atoms. The molecule has 2 aromatic heterocycles. The Kier molecular flexibility index (Phi) is 4.19. The summed E-state index contributed by atoms with van der Waals surface area (Å²) in [6.45, 7) is 4.77. The lowest BCUT2D eigenvalue weighted by molar-refractivity contribution is 0.322. The molecule has 2 aliphatic rings. The smallest absolute Gasteiger partial charge is 0.234 e. The number of pyridine rings is 2. The van der Waals surface area contributed by atoms with E-state index in [2.05, 4.69) is 26.7 Å². The van der Waals surface area contributed by atoms with Gasteiger partial charge in [-0.1, -0.05) is 6.42 Å². The van der Waals surface area contributed by atoms with Crippen LogP contribution < -0.4 is 20.1 Å². The molecule has 3 heterocycles. The number of hydrogen-bond donors (Lipinski definition) is 2. The third-order valence-electron chi connectivity index (χ3n) is 5.04. The van der Waals surface area contributed by atoms with Crippen molar-refractivity contribution < 1.29 is 9.47 Å². The third-order valence-corrected chi connectivity index (χ3v) is 5.04. The molecule has 1 aliphatic carbocycles. The van der Waals surface area contributed by atoms with Gasteiger partial charge in [0.25, 0.3) is 0 Å². The summed E-state index contributed by atoms with van der Waals surface area (Å²) in [5.74, 6) is 2.33. The van der Waals surface area contributed by atoms with Crippen LogP contribution in [0.15, 0.2) is 6.07 Å². The third kappa shape index (κ3) is 2.66. The number of nitrogens with one attached hydrogen (secondary N) is 2. The highest BCUT2D eigenvalue weighted by Crippen LogP contribution is 2.44. The van der Waals surface area contributed by atoms with Crippen molar-refractivity contribution in [2.75, 3.05) is 23.8 Å². The van der Waals surface area contributed by atoms with Gasteiger partial charge in [0.2, 0.25) is 11.8 Å². The molecular formula is C19H23N5O2. The molecule has 0 amide bonds. The molecule has 1 spiro atoms. The fraction of sp³-hybridized carbons (Fsp3) is 0.526. The average Bonchev–Trinajstić information content (AvgIpc) is 2.62. The van der Waals surface area contributed by atoms with Crippen molar-refractivity contribution in [2.45, 2.75) is 51.6 Å². The van der Waals surface area contributed by atoms with Gasteiger partial charge in [-0.25, -0.2) is 0 Å². The molecule has 7 heteroatoms. The molecule has 0 saturated heterocycles. The molecule has 2 N–H and O–H groups in total. The van der Waals surface area contributed by atoms with Crippen LogP contribution in [0, 0.1) is 11.3 Å². The van der Waals surface area contributed by atoms with Crippen molar-refractivity contribution >= 4 is 22.4 Å². The molecular weight excluding hydrogens is 330 g/mol. The molecule has 7 nitrogen and oxygen atoms in total. The van der Waals surface area contributed by atoms with Gasteiger partial charge in [0.1, 0.15) is 28.9 Å². The van der Waals surface area contributed by atoms with E-state index in [-0.39, 0.29) is 5.66 Å². The summed E-state index contributed by atoms with van der Waals surface area (Å²) in [6.07, 6.45) is 5.54. The Bertz CT molecular complexity index is 870. The number of hydrogen-bond acceptors (Lipinski definition) is 7. The summed E-state index contributed by atoms with van der Waals surface area (Å²) in [5, 5.41) is 18.5. The molecule has 1 saturated carbocycles. The Morgan fingerprint density at radius 1 is 1.08 bits per heavy atom. The Hall–Kier alpha value is -2.75. The normalized spacial score (nSPS) is 17.3. The summed E-state index contributed by atoms with van der Waals surface area (Å²) in [5.41, 5.74) is 0.166. The van der Waals surface area contributed by atoms with E-state index in [0.29, 0.717) is 30.5 Å². The largest absolute Gasteiger partial charge is 0.478 e. The van der Waals surface area contributed by atoms with Crippen LogP contribution in [0.1, 0.15) is 51.5 Å². The number of aromatic nitrogens is 2. The Morgan fingerprint density at radius 2 is 1.77 bits per heavy atom. The lowest BCUT2D eigenvalue weighted by atomic mass is 9.87. The monoisotopic (exact) mass is 353 g/mol. The maximum absolute atomic E-state index is 9.71. The number of nitrogens with zero attached hydrogens (tertiary/aromatic N) is 3. The molecule has 136 valence electrons. The zero-order valence-electron chi connectivity index (χ0n) is 15.2. The van der Waals surface area contributed by atoms with Gasteiger partial charge in [0, 0.05) is 11.5 Å². The zero-order chi connectivity index (χ0) is 18.1. The molecule has 1 aliphatic heterocycles. The number of anilines is 2. The first-order chi connectivity index (χ1) is 12.7. The highest BCUT2D eigenvalue weighted by Gasteiger charge is 2.38. The van der Waals surface area contributed by atoms with Crippen molar-refractivity contribution in [3.63, 3.8) is 0 Å². The summed E-state index contributed by atoms with van der Waals surface area (Å²) < 4.78 is 11.3. The van der Waals surface area contributed by atoms with Crippen LogP contribution in [0.3, 0.4) is 0 Å². The van der Waals surface area contributed by atoms with Gasteiger partial charge < -0.3 is 20.1 Å². The van der Waals surface area contributed by atoms with E-state index in [1.54, 1.807) is 6.07 Å². The lowest BCUT2D eigenvalue weighted by Crippen LogP contribution is -2.50. The number of ether oxygens (including phenoxy) is 2. The lowest BCUT2D eigenvalue weighted by Gasteiger charge is -2.43. The fourth-order valence-corrected chi connectivity index (χ4v) is 3.93. The first-order valence-electron chi connectivity index (χ1n) is 9.30. The molecule has 2 aromatic rings. The summed E-state index contributed by atoms with van der Waals surface area (Å²) in [6, 6.07) is 4.04. The van der Waals surface area contributed by atoms with Crippen molar-refractivity contribution in [3.8, 4) is 17.8 Å². The van der Waals surface area contributed by atoms with E-state index in [1.165, 1.54) is 6.42 Å². The van der Waals surface area contributed by atoms with E-state index in [9.17, 15) is 5.26 Å². The van der Waals surface area contributed by atoms with E-state index >= 15 is 0 Å². The maximum atomic E-state index is 9.71. The minimum absolute atomic E-state index is 0.249. The van der Waals surface area contributed by atoms with E-state index in [4.69, 9.17) is 9.47 Å². The van der Waals surface area contributed by atoms with Crippen LogP contribution in [0.25, 0.3) is 10.8 Å². The second kappa shape index (κ2) is 6.52. The van der Waals surface area contributed by atoms with Crippen molar-refractivity contribution in [2.24, 2.45) is 0 Å². The Morgan fingerprint density at radius 3 is 2.42 bits per heavy atom. The second-order valence-electron chi connectivity index (χ2n) is 6.74. The van der Waals surface area contributed by atoms with E-state index < -0.39 is 0 Å². The van der Waals surface area contributed by atoms with Gasteiger partial charge in [-0.3, -0.25) is 0 Å². The predicted octanol–water partition coefficient (Wildman–Crippen LogP) is 3.80. The SMILES string of the molecule is CCOc1cc2c(C#N)c(OCC)nc3c2c(n1)NC1(CCCCC1)N3. The van der Waals surface area contributed by atoms with Gasteiger partial charge in [0.15, 0.2) is 0 Å². The molecule has 0 radical (unpaired) electrons. The molecule has 0 aromatic carbocycles. The van der Waals surface area contributed by atoms with Gasteiger partial charge in [-0.2, -0.15) is 15.2 Å².